The van der Waals surface area contributed by atoms with Gasteiger partial charge in [0.1, 0.15) is 0 Å². The minimum atomic E-state index is 0.256. The first-order chi connectivity index (χ1) is 28.3. The van der Waals surface area contributed by atoms with Crippen LogP contribution in [0.5, 0.6) is 0 Å². The van der Waals surface area contributed by atoms with Gasteiger partial charge in [-0.25, -0.2) is 0 Å². The third-order valence-electron chi connectivity index (χ3n) is 13.2. The van der Waals surface area contributed by atoms with E-state index in [-0.39, 0.29) is 23.7 Å². The van der Waals surface area contributed by atoms with Gasteiger partial charge in [0, 0.05) is 34.8 Å². The van der Waals surface area contributed by atoms with E-state index >= 15 is 0 Å². The van der Waals surface area contributed by atoms with Gasteiger partial charge in [0.2, 0.25) is 11.8 Å². The van der Waals surface area contributed by atoms with E-state index in [9.17, 15) is 0 Å². The van der Waals surface area contributed by atoms with E-state index in [1.54, 1.807) is 0 Å². The monoisotopic (exact) mass is 726 g/mol. The molecule has 8 aromatic carbocycles. The van der Waals surface area contributed by atoms with Crippen molar-refractivity contribution in [1.82, 2.24) is 10.2 Å². The maximum atomic E-state index is 6.27. The van der Waals surface area contributed by atoms with Crippen molar-refractivity contribution >= 4 is 0 Å². The molecule has 6 aliphatic rings. The molecule has 1 heterocycles. The first kappa shape index (κ1) is 31.1. The van der Waals surface area contributed by atoms with Gasteiger partial charge in [0.15, 0.2) is 0 Å². The maximum Gasteiger partial charge on any atom is 0.248 e. The summed E-state index contributed by atoms with van der Waals surface area (Å²) in [7, 11) is 0. The van der Waals surface area contributed by atoms with Gasteiger partial charge in [-0.3, -0.25) is 0 Å². The van der Waals surface area contributed by atoms with Gasteiger partial charge in [-0.15, -0.1) is 10.2 Å². The highest BCUT2D eigenvalue weighted by atomic mass is 16.4. The Morgan fingerprint density at radius 2 is 0.491 bits per heavy atom. The zero-order chi connectivity index (χ0) is 37.2. The minimum absolute atomic E-state index is 0.256. The highest BCUT2D eigenvalue weighted by molar-refractivity contribution is 5.76. The number of nitrogens with zero attached hydrogens (tertiary/aromatic N) is 2. The summed E-state index contributed by atoms with van der Waals surface area (Å²) >= 11 is 0. The molecule has 0 saturated carbocycles. The molecule has 0 spiro atoms. The van der Waals surface area contributed by atoms with Crippen molar-refractivity contribution in [2.45, 2.75) is 23.7 Å². The predicted octanol–water partition coefficient (Wildman–Crippen LogP) is 12.7. The van der Waals surface area contributed by atoms with Crippen LogP contribution in [0.3, 0.4) is 0 Å². The molecular formula is C54H34N2O. The van der Waals surface area contributed by atoms with Gasteiger partial charge < -0.3 is 4.42 Å². The smallest absolute Gasteiger partial charge is 0.248 e. The molecule has 6 aliphatic carbocycles. The highest BCUT2D eigenvalue weighted by Crippen LogP contribution is 2.57. The third-order valence-corrected chi connectivity index (χ3v) is 13.2. The summed E-state index contributed by atoms with van der Waals surface area (Å²) in [6, 6.07) is 67.1. The fourth-order valence-electron chi connectivity index (χ4n) is 10.8. The van der Waals surface area contributed by atoms with E-state index in [1.807, 2.05) is 0 Å². The molecule has 4 bridgehead atoms. The van der Waals surface area contributed by atoms with E-state index in [0.717, 1.165) is 11.1 Å². The Balaban J connectivity index is 0.768. The summed E-state index contributed by atoms with van der Waals surface area (Å²) < 4.78 is 6.27. The molecular weight excluding hydrogens is 693 g/mol. The Kier molecular flexibility index (Phi) is 6.40. The largest absolute Gasteiger partial charge is 0.416 e. The van der Waals surface area contributed by atoms with Crippen LogP contribution < -0.4 is 0 Å². The number of rotatable bonds is 4. The zero-order valence-electron chi connectivity index (χ0n) is 30.9. The Morgan fingerprint density at radius 3 is 0.807 bits per heavy atom. The summed E-state index contributed by atoms with van der Waals surface area (Å²) in [5, 5.41) is 8.92. The van der Waals surface area contributed by atoms with Crippen molar-refractivity contribution in [1.29, 1.82) is 0 Å². The van der Waals surface area contributed by atoms with Crippen molar-refractivity contribution in [3.8, 4) is 45.2 Å². The summed E-state index contributed by atoms with van der Waals surface area (Å²) in [5.41, 5.74) is 23.8. The number of hydrogen-bond donors (Lipinski definition) is 0. The fourth-order valence-corrected chi connectivity index (χ4v) is 10.8. The quantitative estimate of drug-likeness (QED) is 0.181. The van der Waals surface area contributed by atoms with Crippen molar-refractivity contribution in [3.63, 3.8) is 0 Å². The average molecular weight is 727 g/mol. The first-order valence-electron chi connectivity index (χ1n) is 19.9. The zero-order valence-corrected chi connectivity index (χ0v) is 30.9. The fraction of sp³-hybridized carbons (Fsp3) is 0.0741. The lowest BCUT2D eigenvalue weighted by Gasteiger charge is -2.42. The van der Waals surface area contributed by atoms with Crippen LogP contribution in [0.1, 0.15) is 90.4 Å². The lowest BCUT2D eigenvalue weighted by molar-refractivity contribution is 0.584. The topological polar surface area (TPSA) is 38.9 Å². The number of hydrogen-bond acceptors (Lipinski definition) is 3. The molecule has 0 radical (unpaired) electrons. The molecule has 1 aromatic heterocycles. The Hall–Kier alpha value is -7.10. The summed E-state index contributed by atoms with van der Waals surface area (Å²) in [4.78, 5) is 0. The average Bonchev–Trinajstić information content (AvgIpc) is 3.79. The SMILES string of the molecule is c1ccc2c(c1)C1c3ccccc3C2c2cc(-c3ccc(-c4nnc(-c5ccc(-c6ccc7c(c6)C6c8ccccc8C7c7ccccc76)cc5)o4)cc3)ccc21. The van der Waals surface area contributed by atoms with E-state index in [0.29, 0.717) is 11.8 Å². The molecule has 0 unspecified atom stereocenters. The second-order valence-corrected chi connectivity index (χ2v) is 16.0. The van der Waals surface area contributed by atoms with Crippen LogP contribution in [0, 0.1) is 0 Å². The van der Waals surface area contributed by atoms with Crippen LogP contribution in [-0.4, -0.2) is 10.2 Å². The van der Waals surface area contributed by atoms with Crippen LogP contribution in [0.15, 0.2) is 186 Å². The van der Waals surface area contributed by atoms with Crippen LogP contribution in [0.25, 0.3) is 45.2 Å². The number of benzene rings is 8. The second kappa shape index (κ2) is 11.7. The Morgan fingerprint density at radius 1 is 0.246 bits per heavy atom. The van der Waals surface area contributed by atoms with Crippen LogP contribution in [-0.2, 0) is 0 Å². The van der Waals surface area contributed by atoms with E-state index in [2.05, 4.69) is 192 Å². The van der Waals surface area contributed by atoms with Gasteiger partial charge in [-0.05, 0) is 125 Å². The molecule has 15 rings (SSSR count). The molecule has 0 fully saturated rings. The van der Waals surface area contributed by atoms with Gasteiger partial charge >= 0.3 is 0 Å². The van der Waals surface area contributed by atoms with E-state index < -0.39 is 0 Å². The molecule has 9 aromatic rings. The normalized spacial score (nSPS) is 18.5. The van der Waals surface area contributed by atoms with Crippen LogP contribution in [0.2, 0.25) is 0 Å². The summed E-state index contributed by atoms with van der Waals surface area (Å²) in [5.74, 6) is 2.11. The Bertz CT molecular complexity index is 2800. The molecule has 3 nitrogen and oxygen atoms in total. The van der Waals surface area contributed by atoms with Crippen LogP contribution in [0.4, 0.5) is 0 Å². The third kappa shape index (κ3) is 4.43. The standard InChI is InChI=1S/C54H34N2O/c1-5-13-41-37(9-1)49-38-10-2-6-14-42(38)51(41)47-29-35(25-27-45(47)49)31-17-21-33(22-18-31)53-55-56-54(57-53)34-23-19-32(20-24-34)36-26-28-46-48(30-36)52-43-15-7-3-11-39(43)50(46)40-12-4-8-16-44(40)52/h1-30,49-52H. The van der Waals surface area contributed by atoms with Crippen molar-refractivity contribution in [2.75, 3.05) is 0 Å². The minimum Gasteiger partial charge on any atom is -0.416 e. The number of aromatic nitrogens is 2. The summed E-state index contributed by atoms with van der Waals surface area (Å²) in [6.45, 7) is 0. The molecule has 0 N–H and O–H groups in total. The van der Waals surface area contributed by atoms with Gasteiger partial charge in [-0.1, -0.05) is 146 Å². The lowest BCUT2D eigenvalue weighted by atomic mass is 9.61. The second-order valence-electron chi connectivity index (χ2n) is 16.0. The van der Waals surface area contributed by atoms with E-state index in [4.69, 9.17) is 4.42 Å². The molecule has 3 heteroatoms. The highest BCUT2D eigenvalue weighted by Gasteiger charge is 2.42. The molecule has 0 atom stereocenters. The van der Waals surface area contributed by atoms with Gasteiger partial charge in [0.05, 0.1) is 0 Å². The summed E-state index contributed by atoms with van der Waals surface area (Å²) in [6.07, 6.45) is 0. The lowest BCUT2D eigenvalue weighted by Crippen LogP contribution is -2.27. The van der Waals surface area contributed by atoms with Crippen LogP contribution >= 0.6 is 0 Å². The molecule has 0 saturated heterocycles. The predicted molar refractivity (Wildman–Crippen MR) is 226 cm³/mol. The molecule has 57 heavy (non-hydrogen) atoms. The first-order valence-corrected chi connectivity index (χ1v) is 19.9. The molecule has 0 amide bonds. The van der Waals surface area contributed by atoms with Crippen molar-refractivity contribution in [2.24, 2.45) is 0 Å². The van der Waals surface area contributed by atoms with Crippen molar-refractivity contribution < 1.29 is 4.42 Å². The molecule has 0 aliphatic heterocycles. The van der Waals surface area contributed by atoms with Crippen molar-refractivity contribution in [3.05, 3.63) is 249 Å². The van der Waals surface area contributed by atoms with E-state index in [1.165, 1.54) is 89.0 Å². The van der Waals surface area contributed by atoms with Gasteiger partial charge in [-0.2, -0.15) is 0 Å². The maximum absolute atomic E-state index is 6.27. The molecule has 266 valence electrons. The van der Waals surface area contributed by atoms with Gasteiger partial charge in [0.25, 0.3) is 0 Å². The Labute approximate surface area is 331 Å².